The fourth-order valence-electron chi connectivity index (χ4n) is 3.51. The van der Waals surface area contributed by atoms with E-state index in [1.165, 1.54) is 23.1 Å². The van der Waals surface area contributed by atoms with Gasteiger partial charge in [0.15, 0.2) is 5.96 Å². The van der Waals surface area contributed by atoms with E-state index >= 15 is 0 Å². The third-order valence-electron chi connectivity index (χ3n) is 5.08. The average Bonchev–Trinajstić information content (AvgIpc) is 3.42. The van der Waals surface area contributed by atoms with Gasteiger partial charge < -0.3 is 15.6 Å². The van der Waals surface area contributed by atoms with E-state index in [-0.39, 0.29) is 5.82 Å². The highest BCUT2D eigenvalue weighted by Gasteiger charge is 2.05. The first-order valence-corrected chi connectivity index (χ1v) is 10.6. The molecular weight excluding hydrogens is 391 g/mol. The molecule has 4 aromatic rings. The third kappa shape index (κ3) is 5.31. The number of aromatic nitrogens is 3. The molecule has 0 spiro atoms. The van der Waals surface area contributed by atoms with Gasteiger partial charge in [-0.2, -0.15) is 5.10 Å². The lowest BCUT2D eigenvalue weighted by molar-refractivity contribution is 0.627. The topological polar surface area (TPSA) is 70.0 Å². The number of guanidine groups is 1. The van der Waals surface area contributed by atoms with Crippen molar-refractivity contribution in [1.29, 1.82) is 0 Å². The molecule has 4 rings (SSSR count). The Balaban J connectivity index is 1.30. The number of nitrogens with zero attached hydrogens (tertiary/aromatic N) is 3. The summed E-state index contributed by atoms with van der Waals surface area (Å²) in [5.74, 6) is 0.555. The zero-order valence-corrected chi connectivity index (χ0v) is 17.6. The van der Waals surface area contributed by atoms with Crippen molar-refractivity contribution in [3.63, 3.8) is 0 Å². The van der Waals surface area contributed by atoms with Gasteiger partial charge in [-0.3, -0.25) is 4.99 Å². The molecule has 0 aliphatic carbocycles. The van der Waals surface area contributed by atoms with Crippen LogP contribution in [-0.4, -0.2) is 40.4 Å². The van der Waals surface area contributed by atoms with Crippen LogP contribution in [0.3, 0.4) is 0 Å². The molecule has 6 nitrogen and oxygen atoms in total. The van der Waals surface area contributed by atoms with Gasteiger partial charge in [0.25, 0.3) is 0 Å². The van der Waals surface area contributed by atoms with E-state index in [0.29, 0.717) is 6.54 Å². The zero-order chi connectivity index (χ0) is 21.5. The van der Waals surface area contributed by atoms with Crippen molar-refractivity contribution in [1.82, 2.24) is 25.4 Å². The van der Waals surface area contributed by atoms with Crippen LogP contribution < -0.4 is 10.6 Å². The van der Waals surface area contributed by atoms with Crippen molar-refractivity contribution >= 4 is 16.9 Å². The van der Waals surface area contributed by atoms with Crippen molar-refractivity contribution < 1.29 is 4.39 Å². The van der Waals surface area contributed by atoms with Crippen molar-refractivity contribution in [3.05, 3.63) is 84.1 Å². The molecular formula is C24H27FN6. The van der Waals surface area contributed by atoms with Gasteiger partial charge in [0, 0.05) is 49.4 Å². The number of hydrogen-bond donors (Lipinski definition) is 3. The Morgan fingerprint density at radius 3 is 2.74 bits per heavy atom. The van der Waals surface area contributed by atoms with E-state index in [0.717, 1.165) is 48.8 Å². The Kier molecular flexibility index (Phi) is 6.62. The number of nitrogens with one attached hydrogen (secondary N) is 3. The van der Waals surface area contributed by atoms with Crippen molar-refractivity contribution in [2.24, 2.45) is 4.99 Å². The van der Waals surface area contributed by atoms with Crippen molar-refractivity contribution in [3.8, 4) is 5.69 Å². The summed E-state index contributed by atoms with van der Waals surface area (Å²) in [6.07, 6.45) is 5.61. The number of rotatable bonds is 8. The molecule has 2 aromatic carbocycles. The number of para-hydroxylation sites is 1. The molecule has 0 fully saturated rings. The van der Waals surface area contributed by atoms with E-state index in [2.05, 4.69) is 57.0 Å². The van der Waals surface area contributed by atoms with Gasteiger partial charge in [0.05, 0.1) is 11.4 Å². The summed E-state index contributed by atoms with van der Waals surface area (Å²) in [4.78, 5) is 7.99. The molecule has 0 saturated heterocycles. The van der Waals surface area contributed by atoms with Crippen LogP contribution in [-0.2, 0) is 12.8 Å². The van der Waals surface area contributed by atoms with Crippen LogP contribution in [0.4, 0.5) is 4.39 Å². The van der Waals surface area contributed by atoms with Crippen LogP contribution in [0, 0.1) is 5.82 Å². The first-order valence-electron chi connectivity index (χ1n) is 10.6. The second kappa shape index (κ2) is 9.93. The lowest BCUT2D eigenvalue weighted by Gasteiger charge is -2.11. The Hall–Kier alpha value is -3.61. The van der Waals surface area contributed by atoms with Crippen LogP contribution in [0.5, 0.6) is 0 Å². The highest BCUT2D eigenvalue weighted by atomic mass is 19.1. The summed E-state index contributed by atoms with van der Waals surface area (Å²) < 4.78 is 14.8. The minimum absolute atomic E-state index is 0.251. The Morgan fingerprint density at radius 2 is 1.90 bits per heavy atom. The number of H-pyrrole nitrogens is 1. The molecule has 31 heavy (non-hydrogen) atoms. The molecule has 7 heteroatoms. The fourth-order valence-corrected chi connectivity index (χ4v) is 3.51. The molecule has 2 aromatic heterocycles. The molecule has 0 radical (unpaired) electrons. The quantitative estimate of drug-likeness (QED) is 0.301. The van der Waals surface area contributed by atoms with Gasteiger partial charge in [-0.05, 0) is 55.3 Å². The molecule has 0 saturated carbocycles. The molecule has 0 aliphatic rings. The standard InChI is InChI=1S/C24H27FN6/c1-2-26-24(27-14-11-18-17-29-23-6-4-3-5-22(18)23)28-15-12-20-13-16-31(30-20)21-9-7-19(25)8-10-21/h3-10,13,16-17,29H,2,11-12,14-15H2,1H3,(H2,26,27,28). The van der Waals surface area contributed by atoms with E-state index in [4.69, 9.17) is 0 Å². The molecule has 0 atom stereocenters. The van der Waals surface area contributed by atoms with Gasteiger partial charge in [-0.25, -0.2) is 9.07 Å². The minimum atomic E-state index is -0.251. The number of benzene rings is 2. The zero-order valence-electron chi connectivity index (χ0n) is 17.6. The van der Waals surface area contributed by atoms with Gasteiger partial charge in [0.2, 0.25) is 0 Å². The predicted octanol–water partition coefficient (Wildman–Crippen LogP) is 3.83. The fraction of sp³-hybridized carbons (Fsp3) is 0.250. The molecule has 0 bridgehead atoms. The second-order valence-electron chi connectivity index (χ2n) is 7.27. The van der Waals surface area contributed by atoms with E-state index < -0.39 is 0 Å². The number of halogens is 1. The summed E-state index contributed by atoms with van der Waals surface area (Å²) in [6, 6.07) is 16.6. The van der Waals surface area contributed by atoms with Crippen LogP contribution in [0.1, 0.15) is 18.2 Å². The summed E-state index contributed by atoms with van der Waals surface area (Å²) in [6.45, 7) is 4.29. The predicted molar refractivity (Wildman–Crippen MR) is 123 cm³/mol. The van der Waals surface area contributed by atoms with Gasteiger partial charge >= 0.3 is 0 Å². The first kappa shape index (κ1) is 20.7. The smallest absolute Gasteiger partial charge is 0.191 e. The Bertz CT molecular complexity index is 1140. The van der Waals surface area contributed by atoms with Gasteiger partial charge in [0.1, 0.15) is 5.82 Å². The SMILES string of the molecule is CCNC(=NCCc1ccn(-c2ccc(F)cc2)n1)NCCc1c[nH]c2ccccc12. The van der Waals surface area contributed by atoms with Crippen LogP contribution in [0.15, 0.2) is 72.0 Å². The molecule has 0 unspecified atom stereocenters. The maximum Gasteiger partial charge on any atom is 0.191 e. The summed E-state index contributed by atoms with van der Waals surface area (Å²) in [7, 11) is 0. The largest absolute Gasteiger partial charge is 0.361 e. The van der Waals surface area contributed by atoms with E-state index in [1.807, 2.05) is 18.3 Å². The summed E-state index contributed by atoms with van der Waals surface area (Å²) in [5, 5.41) is 12.5. The average molecular weight is 419 g/mol. The maximum absolute atomic E-state index is 13.1. The van der Waals surface area contributed by atoms with Crippen molar-refractivity contribution in [2.45, 2.75) is 19.8 Å². The number of aliphatic imine (C=N–C) groups is 1. The van der Waals surface area contributed by atoms with Crippen LogP contribution in [0.25, 0.3) is 16.6 Å². The summed E-state index contributed by atoms with van der Waals surface area (Å²) >= 11 is 0. The molecule has 2 heterocycles. The van der Waals surface area contributed by atoms with E-state index in [9.17, 15) is 4.39 Å². The molecule has 3 N–H and O–H groups in total. The normalized spacial score (nSPS) is 11.7. The maximum atomic E-state index is 13.1. The Morgan fingerprint density at radius 1 is 1.06 bits per heavy atom. The molecule has 0 aliphatic heterocycles. The van der Waals surface area contributed by atoms with Crippen molar-refractivity contribution in [2.75, 3.05) is 19.6 Å². The number of hydrogen-bond acceptors (Lipinski definition) is 2. The summed E-state index contributed by atoms with van der Waals surface area (Å²) in [5.41, 5.74) is 4.24. The monoisotopic (exact) mass is 418 g/mol. The molecule has 0 amide bonds. The van der Waals surface area contributed by atoms with E-state index in [1.54, 1.807) is 16.8 Å². The molecule has 160 valence electrons. The number of fused-ring (bicyclic) bond motifs is 1. The number of aromatic amines is 1. The van der Waals surface area contributed by atoms with Crippen LogP contribution in [0.2, 0.25) is 0 Å². The van der Waals surface area contributed by atoms with Crippen LogP contribution >= 0.6 is 0 Å². The first-order chi connectivity index (χ1) is 15.2. The van der Waals surface area contributed by atoms with Gasteiger partial charge in [-0.15, -0.1) is 0 Å². The highest BCUT2D eigenvalue weighted by Crippen LogP contribution is 2.17. The minimum Gasteiger partial charge on any atom is -0.361 e. The highest BCUT2D eigenvalue weighted by molar-refractivity contribution is 5.83. The van der Waals surface area contributed by atoms with Gasteiger partial charge in [-0.1, -0.05) is 18.2 Å². The second-order valence-corrected chi connectivity index (χ2v) is 7.27. The Labute approximate surface area is 181 Å². The lowest BCUT2D eigenvalue weighted by Crippen LogP contribution is -2.38. The lowest BCUT2D eigenvalue weighted by atomic mass is 10.1. The third-order valence-corrected chi connectivity index (χ3v) is 5.08.